The number of benzene rings is 3. The lowest BCUT2D eigenvalue weighted by molar-refractivity contribution is -0.110. The normalized spacial score (nSPS) is 22.6. The molecule has 3 atom stereocenters. The van der Waals surface area contributed by atoms with Crippen molar-refractivity contribution in [1.82, 2.24) is 14.7 Å². The van der Waals surface area contributed by atoms with Crippen molar-refractivity contribution in [1.29, 1.82) is 0 Å². The molecule has 2 saturated heterocycles. The average Bonchev–Trinajstić information content (AvgIpc) is 3.60. The summed E-state index contributed by atoms with van der Waals surface area (Å²) in [6, 6.07) is 18.3. The predicted molar refractivity (Wildman–Crippen MR) is 185 cm³/mol. The number of methoxy groups -OCH3 is 2. The molecule has 1 aromatic heterocycles. The maximum Gasteiger partial charge on any atom is 0.256 e. The fraction of sp³-hybridized carbons (Fsp3) is 0.368. The number of morpholine rings is 1. The van der Waals surface area contributed by atoms with E-state index in [9.17, 15) is 4.79 Å². The molecule has 1 N–H and O–H groups in total. The van der Waals surface area contributed by atoms with Gasteiger partial charge < -0.3 is 24.3 Å². The van der Waals surface area contributed by atoms with Crippen LogP contribution in [-0.2, 0) is 20.8 Å². The van der Waals surface area contributed by atoms with Crippen molar-refractivity contribution >= 4 is 46.3 Å². The zero-order valence-electron chi connectivity index (χ0n) is 27.5. The van der Waals surface area contributed by atoms with Gasteiger partial charge in [-0.3, -0.25) is 9.69 Å². The van der Waals surface area contributed by atoms with Gasteiger partial charge in [0.2, 0.25) is 0 Å². The molecule has 0 spiro atoms. The first kappa shape index (κ1) is 31.2. The van der Waals surface area contributed by atoms with E-state index >= 15 is 0 Å². The Hall–Kier alpha value is -4.44. The molecule has 244 valence electrons. The summed E-state index contributed by atoms with van der Waals surface area (Å²) in [5, 5.41) is 8.95. The van der Waals surface area contributed by atoms with Crippen LogP contribution in [0.2, 0.25) is 0 Å². The SMILES string of the molecule is COc1ccc2c(c1)C(=Cc1cc(OC)c3c(/C=C/c4ccc(CN5CC(C)OC(C)C5)cc4)nn(C4CCCCO4)c3c1)C(=O)N2. The summed E-state index contributed by atoms with van der Waals surface area (Å²) in [7, 11) is 3.29. The Balaban J connectivity index is 1.22. The Bertz CT molecular complexity index is 1830. The van der Waals surface area contributed by atoms with Crippen LogP contribution in [0.5, 0.6) is 11.5 Å². The Morgan fingerprint density at radius 2 is 1.77 bits per heavy atom. The molecular formula is C38H42N4O5. The summed E-state index contributed by atoms with van der Waals surface area (Å²) in [6.45, 7) is 7.78. The smallest absolute Gasteiger partial charge is 0.256 e. The van der Waals surface area contributed by atoms with E-state index in [-0.39, 0.29) is 24.3 Å². The first-order valence-corrected chi connectivity index (χ1v) is 16.5. The Labute approximate surface area is 275 Å². The first-order valence-electron chi connectivity index (χ1n) is 16.5. The van der Waals surface area contributed by atoms with Crippen LogP contribution in [0.4, 0.5) is 5.69 Å². The Kier molecular flexibility index (Phi) is 8.86. The highest BCUT2D eigenvalue weighted by Gasteiger charge is 2.27. The summed E-state index contributed by atoms with van der Waals surface area (Å²) in [4.78, 5) is 15.5. The van der Waals surface area contributed by atoms with Crippen molar-refractivity contribution in [3.8, 4) is 11.5 Å². The molecule has 4 heterocycles. The van der Waals surface area contributed by atoms with Crippen molar-refractivity contribution in [2.24, 2.45) is 0 Å². The highest BCUT2D eigenvalue weighted by molar-refractivity contribution is 6.35. The van der Waals surface area contributed by atoms with E-state index in [2.05, 4.69) is 66.5 Å². The number of carbonyl (C=O) groups is 1. The number of hydrogen-bond acceptors (Lipinski definition) is 7. The second-order valence-corrected chi connectivity index (χ2v) is 12.7. The van der Waals surface area contributed by atoms with E-state index in [1.165, 1.54) is 5.56 Å². The molecule has 9 heteroatoms. The van der Waals surface area contributed by atoms with Crippen LogP contribution in [0.3, 0.4) is 0 Å². The van der Waals surface area contributed by atoms with Gasteiger partial charge >= 0.3 is 0 Å². The van der Waals surface area contributed by atoms with Crippen LogP contribution < -0.4 is 14.8 Å². The average molecular weight is 635 g/mol. The molecule has 2 fully saturated rings. The third kappa shape index (κ3) is 6.56. The topological polar surface area (TPSA) is 87.1 Å². The summed E-state index contributed by atoms with van der Waals surface area (Å²) in [5.74, 6) is 1.23. The Morgan fingerprint density at radius 1 is 0.957 bits per heavy atom. The van der Waals surface area contributed by atoms with Crippen LogP contribution in [0.15, 0.2) is 54.6 Å². The molecule has 3 aliphatic rings. The minimum absolute atomic E-state index is 0.153. The summed E-state index contributed by atoms with van der Waals surface area (Å²) in [6.07, 6.45) is 9.37. The number of rotatable bonds is 8. The molecular weight excluding hydrogens is 592 g/mol. The van der Waals surface area contributed by atoms with Gasteiger partial charge in [0.1, 0.15) is 11.5 Å². The molecule has 9 nitrogen and oxygen atoms in total. The largest absolute Gasteiger partial charge is 0.497 e. The van der Waals surface area contributed by atoms with Gasteiger partial charge in [0, 0.05) is 43.1 Å². The van der Waals surface area contributed by atoms with Crippen molar-refractivity contribution < 1.29 is 23.7 Å². The van der Waals surface area contributed by atoms with Gasteiger partial charge in [0.05, 0.1) is 43.0 Å². The lowest BCUT2D eigenvalue weighted by atomic mass is 10.0. The minimum atomic E-state index is -0.175. The fourth-order valence-electron chi connectivity index (χ4n) is 6.96. The molecule has 0 bridgehead atoms. The molecule has 3 unspecified atom stereocenters. The number of anilines is 1. The third-order valence-electron chi connectivity index (χ3n) is 9.11. The molecule has 0 saturated carbocycles. The monoisotopic (exact) mass is 634 g/mol. The number of amides is 1. The van der Waals surface area contributed by atoms with Gasteiger partial charge in [-0.2, -0.15) is 5.10 Å². The number of aromatic nitrogens is 2. The molecule has 7 rings (SSSR count). The summed E-state index contributed by atoms with van der Waals surface area (Å²) < 4.78 is 25.5. The van der Waals surface area contributed by atoms with E-state index in [4.69, 9.17) is 24.0 Å². The first-order chi connectivity index (χ1) is 22.9. The summed E-state index contributed by atoms with van der Waals surface area (Å²) in [5.41, 5.74) is 7.06. The molecule has 1 amide bonds. The Morgan fingerprint density at radius 3 is 2.49 bits per heavy atom. The molecule has 4 aromatic rings. The highest BCUT2D eigenvalue weighted by Crippen LogP contribution is 2.39. The third-order valence-corrected chi connectivity index (χ3v) is 9.11. The summed E-state index contributed by atoms with van der Waals surface area (Å²) >= 11 is 0. The molecule has 0 radical (unpaired) electrons. The van der Waals surface area contributed by atoms with E-state index < -0.39 is 0 Å². The lowest BCUT2D eigenvalue weighted by Gasteiger charge is -2.35. The van der Waals surface area contributed by atoms with Crippen LogP contribution in [0.1, 0.15) is 67.3 Å². The van der Waals surface area contributed by atoms with Crippen molar-refractivity contribution in [3.05, 3.63) is 82.5 Å². The van der Waals surface area contributed by atoms with Crippen molar-refractivity contribution in [2.45, 2.75) is 58.1 Å². The second kappa shape index (κ2) is 13.4. The molecule has 0 aliphatic carbocycles. The zero-order valence-corrected chi connectivity index (χ0v) is 27.5. The van der Waals surface area contributed by atoms with E-state index in [1.54, 1.807) is 14.2 Å². The molecule has 3 aromatic carbocycles. The minimum Gasteiger partial charge on any atom is -0.497 e. The second-order valence-electron chi connectivity index (χ2n) is 12.7. The lowest BCUT2D eigenvalue weighted by Crippen LogP contribution is -2.44. The maximum atomic E-state index is 13.0. The number of carbonyl (C=O) groups excluding carboxylic acids is 1. The number of hydrogen-bond donors (Lipinski definition) is 1. The molecule has 3 aliphatic heterocycles. The van der Waals surface area contributed by atoms with Crippen LogP contribution in [0.25, 0.3) is 34.7 Å². The van der Waals surface area contributed by atoms with Crippen molar-refractivity contribution in [3.63, 3.8) is 0 Å². The van der Waals surface area contributed by atoms with E-state index in [0.29, 0.717) is 23.7 Å². The number of nitrogens with one attached hydrogen (secondary N) is 1. The van der Waals surface area contributed by atoms with Gasteiger partial charge in [0.15, 0.2) is 6.23 Å². The van der Waals surface area contributed by atoms with Crippen molar-refractivity contribution in [2.75, 3.05) is 39.2 Å². The van der Waals surface area contributed by atoms with E-state index in [0.717, 1.165) is 77.9 Å². The maximum absolute atomic E-state index is 13.0. The van der Waals surface area contributed by atoms with Crippen LogP contribution in [-0.4, -0.2) is 66.7 Å². The van der Waals surface area contributed by atoms with Gasteiger partial charge in [-0.1, -0.05) is 30.3 Å². The van der Waals surface area contributed by atoms with Gasteiger partial charge in [-0.15, -0.1) is 0 Å². The highest BCUT2D eigenvalue weighted by atomic mass is 16.5. The number of ether oxygens (including phenoxy) is 4. The standard InChI is InChI=1S/C38H42N4O5/c1-24-21-41(22-25(2)47-24)23-27-10-8-26(9-11-27)12-14-33-37-34(42(40-33)36-7-5-6-16-46-36)18-28(19-35(37)45-4)17-31-30-20-29(44-3)13-15-32(30)39-38(31)43/h8-15,17-20,24-25,36H,5-7,16,21-23H2,1-4H3,(H,39,43)/b14-12+,31-17?. The van der Waals surface area contributed by atoms with E-state index in [1.807, 2.05) is 35.0 Å². The molecule has 47 heavy (non-hydrogen) atoms. The number of nitrogens with zero attached hydrogens (tertiary/aromatic N) is 3. The van der Waals surface area contributed by atoms with Gasteiger partial charge in [-0.25, -0.2) is 4.68 Å². The fourth-order valence-corrected chi connectivity index (χ4v) is 6.96. The number of fused-ring (bicyclic) bond motifs is 2. The van der Waals surface area contributed by atoms with Gasteiger partial charge in [0.25, 0.3) is 5.91 Å². The predicted octanol–water partition coefficient (Wildman–Crippen LogP) is 7.02. The zero-order chi connectivity index (χ0) is 32.5. The van der Waals surface area contributed by atoms with Gasteiger partial charge in [-0.05, 0) is 92.3 Å². The van der Waals surface area contributed by atoms with Crippen LogP contribution in [0, 0.1) is 0 Å². The quantitative estimate of drug-likeness (QED) is 0.208. The van der Waals surface area contributed by atoms with Crippen LogP contribution >= 0.6 is 0 Å².